The summed E-state index contributed by atoms with van der Waals surface area (Å²) in [6.45, 7) is 3.88. The van der Waals surface area contributed by atoms with Crippen molar-refractivity contribution in [2.75, 3.05) is 0 Å². The lowest BCUT2D eigenvalue weighted by atomic mass is 10.1. The Kier molecular flexibility index (Phi) is 6.61. The minimum absolute atomic E-state index is 0.120. The quantitative estimate of drug-likeness (QED) is 0.462. The van der Waals surface area contributed by atoms with E-state index in [-0.39, 0.29) is 6.10 Å². The molecule has 0 fully saturated rings. The Bertz CT molecular complexity index is 84.7. The van der Waals surface area contributed by atoms with Gasteiger partial charge in [-0.25, -0.2) is 0 Å². The Hall–Kier alpha value is -0.300. The van der Waals surface area contributed by atoms with E-state index in [9.17, 15) is 0 Å². The third kappa shape index (κ3) is 7.70. The molecule has 0 rings (SSSR count). The van der Waals surface area contributed by atoms with Gasteiger partial charge in [0, 0.05) is 0 Å². The highest BCUT2D eigenvalue weighted by atomic mass is 16.3. The number of hydrogen-bond acceptors (Lipinski definition) is 1. The van der Waals surface area contributed by atoms with Gasteiger partial charge in [-0.05, 0) is 33.1 Å². The van der Waals surface area contributed by atoms with Gasteiger partial charge in [0.1, 0.15) is 0 Å². The second-order valence-corrected chi connectivity index (χ2v) is 2.70. The summed E-state index contributed by atoms with van der Waals surface area (Å²) in [6.07, 6.45) is 8.56. The molecule has 60 valence electrons. The minimum atomic E-state index is -0.120. The number of rotatable bonds is 5. The largest absolute Gasteiger partial charge is 0.393 e. The molecule has 0 amide bonds. The summed E-state index contributed by atoms with van der Waals surface area (Å²) in [5, 5.41) is 8.89. The molecule has 1 N–H and O–H groups in total. The fourth-order valence-corrected chi connectivity index (χ4v) is 0.869. The van der Waals surface area contributed by atoms with E-state index in [0.29, 0.717) is 0 Å². The maximum absolute atomic E-state index is 8.89. The number of unbranched alkanes of at least 4 members (excludes halogenated alkanes) is 2. The highest BCUT2D eigenvalue weighted by Crippen LogP contribution is 2.03. The fourth-order valence-electron chi connectivity index (χ4n) is 0.869. The topological polar surface area (TPSA) is 20.2 Å². The highest BCUT2D eigenvalue weighted by molar-refractivity contribution is 4.76. The number of aliphatic hydroxyl groups excluding tert-OH is 1. The molecular weight excluding hydrogens is 124 g/mol. The smallest absolute Gasteiger partial charge is 0.0512 e. The van der Waals surface area contributed by atoms with E-state index in [1.54, 1.807) is 0 Å². The van der Waals surface area contributed by atoms with Gasteiger partial charge >= 0.3 is 0 Å². The second kappa shape index (κ2) is 6.81. The van der Waals surface area contributed by atoms with Crippen LogP contribution in [0.2, 0.25) is 0 Å². The lowest BCUT2D eigenvalue weighted by Crippen LogP contribution is -1.97. The van der Waals surface area contributed by atoms with Crippen LogP contribution in [-0.2, 0) is 0 Å². The molecule has 0 bridgehead atoms. The Balaban J connectivity index is 2.91. The predicted octanol–water partition coefficient (Wildman–Crippen LogP) is 2.50. The maximum Gasteiger partial charge on any atom is 0.0512 e. The first-order valence-electron chi connectivity index (χ1n) is 4.06. The summed E-state index contributed by atoms with van der Waals surface area (Å²) in [4.78, 5) is 0. The van der Waals surface area contributed by atoms with Gasteiger partial charge in [0.2, 0.25) is 0 Å². The number of aliphatic hydroxyl groups is 1. The summed E-state index contributed by atoms with van der Waals surface area (Å²) < 4.78 is 0. The van der Waals surface area contributed by atoms with Crippen LogP contribution in [0.5, 0.6) is 0 Å². The lowest BCUT2D eigenvalue weighted by molar-refractivity contribution is 0.181. The van der Waals surface area contributed by atoms with E-state index >= 15 is 0 Å². The van der Waals surface area contributed by atoms with Gasteiger partial charge in [0.15, 0.2) is 0 Å². The van der Waals surface area contributed by atoms with Crippen LogP contribution in [0.3, 0.4) is 0 Å². The van der Waals surface area contributed by atoms with Crippen LogP contribution in [0.1, 0.15) is 39.5 Å². The van der Waals surface area contributed by atoms with Gasteiger partial charge in [-0.15, -0.1) is 0 Å². The Morgan fingerprint density at radius 3 is 2.60 bits per heavy atom. The van der Waals surface area contributed by atoms with E-state index in [1.165, 1.54) is 6.42 Å². The van der Waals surface area contributed by atoms with Crippen molar-refractivity contribution in [2.24, 2.45) is 0 Å². The molecule has 1 heteroatoms. The van der Waals surface area contributed by atoms with E-state index in [1.807, 2.05) is 13.8 Å². The monoisotopic (exact) mass is 142 g/mol. The first-order valence-corrected chi connectivity index (χ1v) is 4.06. The van der Waals surface area contributed by atoms with E-state index in [2.05, 4.69) is 12.2 Å². The maximum atomic E-state index is 8.89. The highest BCUT2D eigenvalue weighted by Gasteiger charge is 1.92. The van der Waals surface area contributed by atoms with Gasteiger partial charge in [-0.3, -0.25) is 0 Å². The van der Waals surface area contributed by atoms with Crippen LogP contribution in [0.15, 0.2) is 12.2 Å². The van der Waals surface area contributed by atoms with Gasteiger partial charge in [0.25, 0.3) is 0 Å². The average Bonchev–Trinajstić information content (AvgIpc) is 1.87. The molecule has 1 atom stereocenters. The van der Waals surface area contributed by atoms with Gasteiger partial charge in [0.05, 0.1) is 6.10 Å². The Morgan fingerprint density at radius 2 is 2.10 bits per heavy atom. The van der Waals surface area contributed by atoms with Crippen molar-refractivity contribution in [1.29, 1.82) is 0 Å². The summed E-state index contributed by atoms with van der Waals surface area (Å²) in [5.74, 6) is 0. The molecular formula is C9H18O. The van der Waals surface area contributed by atoms with Gasteiger partial charge in [-0.2, -0.15) is 0 Å². The zero-order valence-corrected chi connectivity index (χ0v) is 7.01. The molecule has 0 saturated carbocycles. The fraction of sp³-hybridized carbons (Fsp3) is 0.778. The summed E-state index contributed by atoms with van der Waals surface area (Å²) >= 11 is 0. The van der Waals surface area contributed by atoms with Crippen LogP contribution in [0.4, 0.5) is 0 Å². The van der Waals surface area contributed by atoms with Gasteiger partial charge < -0.3 is 5.11 Å². The van der Waals surface area contributed by atoms with Gasteiger partial charge in [-0.1, -0.05) is 18.6 Å². The Morgan fingerprint density at radius 1 is 1.40 bits per heavy atom. The molecule has 0 aromatic heterocycles. The molecule has 1 nitrogen and oxygen atoms in total. The third-order valence-electron chi connectivity index (χ3n) is 1.48. The van der Waals surface area contributed by atoms with Crippen molar-refractivity contribution < 1.29 is 5.11 Å². The summed E-state index contributed by atoms with van der Waals surface area (Å²) in [5.41, 5.74) is 0. The number of hydrogen-bond donors (Lipinski definition) is 1. The number of allylic oxidation sites excluding steroid dienone is 2. The zero-order chi connectivity index (χ0) is 7.82. The summed E-state index contributed by atoms with van der Waals surface area (Å²) in [6, 6.07) is 0. The van der Waals surface area contributed by atoms with E-state index in [0.717, 1.165) is 19.3 Å². The first-order chi connectivity index (χ1) is 4.77. The third-order valence-corrected chi connectivity index (χ3v) is 1.48. The van der Waals surface area contributed by atoms with Crippen molar-refractivity contribution in [1.82, 2.24) is 0 Å². The molecule has 0 aliphatic rings. The van der Waals surface area contributed by atoms with Crippen LogP contribution in [0.25, 0.3) is 0 Å². The van der Waals surface area contributed by atoms with Crippen molar-refractivity contribution in [3.63, 3.8) is 0 Å². The molecule has 0 radical (unpaired) electrons. The molecule has 1 unspecified atom stereocenters. The molecule has 0 heterocycles. The van der Waals surface area contributed by atoms with Crippen molar-refractivity contribution in [3.05, 3.63) is 12.2 Å². The zero-order valence-electron chi connectivity index (χ0n) is 7.01. The van der Waals surface area contributed by atoms with Crippen molar-refractivity contribution in [2.45, 2.75) is 45.6 Å². The first kappa shape index (κ1) is 9.70. The van der Waals surface area contributed by atoms with E-state index < -0.39 is 0 Å². The molecule has 0 aliphatic carbocycles. The van der Waals surface area contributed by atoms with Crippen LogP contribution in [0, 0.1) is 0 Å². The minimum Gasteiger partial charge on any atom is -0.393 e. The molecule has 0 spiro atoms. The van der Waals surface area contributed by atoms with Crippen LogP contribution < -0.4 is 0 Å². The molecule has 0 aromatic rings. The van der Waals surface area contributed by atoms with Crippen LogP contribution >= 0.6 is 0 Å². The van der Waals surface area contributed by atoms with E-state index in [4.69, 9.17) is 5.11 Å². The SMILES string of the molecule is C/C=C/CCCCC(C)O. The van der Waals surface area contributed by atoms with Crippen molar-refractivity contribution >= 4 is 0 Å². The normalized spacial score (nSPS) is 14.3. The molecule has 0 saturated heterocycles. The molecule has 0 aliphatic heterocycles. The lowest BCUT2D eigenvalue weighted by Gasteiger charge is -2.00. The Labute approximate surface area is 63.8 Å². The average molecular weight is 142 g/mol. The van der Waals surface area contributed by atoms with Crippen molar-refractivity contribution in [3.8, 4) is 0 Å². The standard InChI is InChI=1S/C9H18O/c1-3-4-5-6-7-8-9(2)10/h3-4,9-10H,5-8H2,1-2H3/b4-3+. The molecule has 0 aromatic carbocycles. The molecule has 10 heavy (non-hydrogen) atoms. The second-order valence-electron chi connectivity index (χ2n) is 2.70. The summed E-state index contributed by atoms with van der Waals surface area (Å²) in [7, 11) is 0. The predicted molar refractivity (Wildman–Crippen MR) is 45.0 cm³/mol. The van der Waals surface area contributed by atoms with Crippen LogP contribution in [-0.4, -0.2) is 11.2 Å².